The second-order valence-corrected chi connectivity index (χ2v) is 8.66. The van der Waals surface area contributed by atoms with Crippen LogP contribution in [0.5, 0.6) is 0 Å². The van der Waals surface area contributed by atoms with E-state index in [4.69, 9.17) is 8.92 Å². The van der Waals surface area contributed by atoms with E-state index < -0.39 is 16.1 Å². The van der Waals surface area contributed by atoms with Gasteiger partial charge in [0.05, 0.1) is 17.5 Å². The van der Waals surface area contributed by atoms with Gasteiger partial charge in [0.1, 0.15) is 6.61 Å². The van der Waals surface area contributed by atoms with Crippen molar-refractivity contribution in [3.05, 3.63) is 77.5 Å². The van der Waals surface area contributed by atoms with Crippen LogP contribution >= 0.6 is 0 Å². The van der Waals surface area contributed by atoms with Crippen LogP contribution in [0.3, 0.4) is 0 Å². The molecule has 3 rings (SSSR count). The molecule has 1 fully saturated rings. The summed E-state index contributed by atoms with van der Waals surface area (Å²) in [6.07, 6.45) is 3.74. The van der Waals surface area contributed by atoms with Crippen LogP contribution in [-0.2, 0) is 30.4 Å². The molecule has 0 bridgehead atoms. The normalized spacial score (nSPS) is 18.2. The van der Waals surface area contributed by atoms with E-state index in [1.165, 1.54) is 18.2 Å². The lowest BCUT2D eigenvalue weighted by atomic mass is 10.0. The number of rotatable bonds is 7. The Labute approximate surface area is 171 Å². The molecule has 154 valence electrons. The Morgan fingerprint density at radius 1 is 1.14 bits per heavy atom. The number of piperidine rings is 1. The quantitative estimate of drug-likeness (QED) is 0.424. The summed E-state index contributed by atoms with van der Waals surface area (Å²) in [7, 11) is -3.81. The van der Waals surface area contributed by atoms with Crippen molar-refractivity contribution in [2.75, 3.05) is 6.61 Å². The number of allylic oxidation sites excluding steroid dienone is 1. The van der Waals surface area contributed by atoms with Crippen LogP contribution in [0.1, 0.15) is 30.4 Å². The molecule has 1 N–H and O–H groups in total. The highest BCUT2D eigenvalue weighted by Crippen LogP contribution is 2.19. The molecule has 2 aromatic rings. The Hall–Kier alpha value is -2.64. The summed E-state index contributed by atoms with van der Waals surface area (Å²) in [4.78, 5) is 12.2. The minimum atomic E-state index is -3.81. The minimum Gasteiger partial charge on any atom is -0.458 e. The number of carbonyl (C=O) groups excluding carboxylic acids is 1. The minimum absolute atomic E-state index is 0.00656. The van der Waals surface area contributed by atoms with E-state index in [-0.39, 0.29) is 24.2 Å². The Balaban J connectivity index is 1.51. The zero-order chi connectivity index (χ0) is 20.7. The summed E-state index contributed by atoms with van der Waals surface area (Å²) in [5.74, 6) is -0.426. The van der Waals surface area contributed by atoms with Crippen LogP contribution in [0.4, 0.5) is 0 Å². The van der Waals surface area contributed by atoms with Crippen molar-refractivity contribution in [2.45, 2.75) is 43.7 Å². The molecule has 0 aromatic heterocycles. The van der Waals surface area contributed by atoms with Gasteiger partial charge in [0.25, 0.3) is 10.1 Å². The molecule has 0 unspecified atom stereocenters. The van der Waals surface area contributed by atoms with E-state index >= 15 is 0 Å². The second kappa shape index (κ2) is 9.71. The van der Waals surface area contributed by atoms with Gasteiger partial charge in [0, 0.05) is 11.8 Å². The summed E-state index contributed by atoms with van der Waals surface area (Å²) in [5.41, 5.74) is 2.63. The summed E-state index contributed by atoms with van der Waals surface area (Å²) in [6.45, 7) is 2.11. The van der Waals surface area contributed by atoms with Gasteiger partial charge in [-0.25, -0.2) is 4.79 Å². The van der Waals surface area contributed by atoms with Crippen molar-refractivity contribution in [1.29, 1.82) is 0 Å². The molecule has 1 aliphatic rings. The molecular formula is C22H25NO5S. The van der Waals surface area contributed by atoms with Gasteiger partial charge in [0.2, 0.25) is 0 Å². The monoisotopic (exact) mass is 415 g/mol. The maximum absolute atomic E-state index is 12.3. The molecule has 1 aliphatic heterocycles. The average molecular weight is 416 g/mol. The first-order valence-corrected chi connectivity index (χ1v) is 11.0. The number of carbonyl (C=O) groups is 1. The lowest BCUT2D eigenvalue weighted by molar-refractivity contribution is -0.139. The maximum Gasteiger partial charge on any atom is 0.332 e. The molecule has 0 saturated carbocycles. The van der Waals surface area contributed by atoms with Crippen LogP contribution in [0.25, 0.3) is 0 Å². The average Bonchev–Trinajstić information content (AvgIpc) is 2.72. The van der Waals surface area contributed by atoms with E-state index in [9.17, 15) is 13.2 Å². The van der Waals surface area contributed by atoms with Crippen LogP contribution in [0.15, 0.2) is 71.3 Å². The Kier molecular flexibility index (Phi) is 7.06. The summed E-state index contributed by atoms with van der Waals surface area (Å²) in [6, 6.07) is 15.8. The van der Waals surface area contributed by atoms with Gasteiger partial charge in [-0.05, 0) is 43.9 Å². The van der Waals surface area contributed by atoms with Crippen LogP contribution in [-0.4, -0.2) is 27.0 Å². The van der Waals surface area contributed by atoms with Gasteiger partial charge in [-0.3, -0.25) is 4.18 Å². The Bertz CT molecular complexity index is 952. The molecule has 1 atom stereocenters. The van der Waals surface area contributed by atoms with Crippen molar-refractivity contribution in [3.8, 4) is 0 Å². The fourth-order valence-electron chi connectivity index (χ4n) is 3.04. The number of nitrogens with one attached hydrogen (secondary N) is 1. The highest BCUT2D eigenvalue weighted by atomic mass is 32.2. The van der Waals surface area contributed by atoms with Crippen molar-refractivity contribution in [3.63, 3.8) is 0 Å². The van der Waals surface area contributed by atoms with Gasteiger partial charge in [0.15, 0.2) is 0 Å². The predicted octanol–water partition coefficient (Wildman–Crippen LogP) is 3.47. The molecule has 1 saturated heterocycles. The van der Waals surface area contributed by atoms with Crippen molar-refractivity contribution in [1.82, 2.24) is 5.32 Å². The van der Waals surface area contributed by atoms with Crippen molar-refractivity contribution in [2.24, 2.45) is 0 Å². The molecule has 1 heterocycles. The van der Waals surface area contributed by atoms with E-state index in [1.807, 2.05) is 37.3 Å². The number of aryl methyl sites for hydroxylation is 1. The van der Waals surface area contributed by atoms with E-state index in [2.05, 4.69) is 5.32 Å². The van der Waals surface area contributed by atoms with Crippen molar-refractivity contribution < 1.29 is 22.1 Å². The number of ether oxygens (including phenoxy) is 1. The Morgan fingerprint density at radius 3 is 2.59 bits per heavy atom. The number of hydrogen-bond donors (Lipinski definition) is 1. The van der Waals surface area contributed by atoms with E-state index in [0.717, 1.165) is 29.7 Å². The molecule has 0 aliphatic carbocycles. The maximum atomic E-state index is 12.3. The second-order valence-electron chi connectivity index (χ2n) is 7.05. The third kappa shape index (κ3) is 6.44. The summed E-state index contributed by atoms with van der Waals surface area (Å²) in [5, 5.41) is 3.19. The fourth-order valence-corrected chi connectivity index (χ4v) is 3.99. The summed E-state index contributed by atoms with van der Waals surface area (Å²) >= 11 is 0. The van der Waals surface area contributed by atoms with E-state index in [1.54, 1.807) is 12.1 Å². The fraction of sp³-hybridized carbons (Fsp3) is 0.318. The first-order chi connectivity index (χ1) is 13.9. The van der Waals surface area contributed by atoms with Crippen molar-refractivity contribution >= 4 is 16.1 Å². The number of benzene rings is 2. The first kappa shape index (κ1) is 21.1. The largest absolute Gasteiger partial charge is 0.458 e. The smallest absolute Gasteiger partial charge is 0.332 e. The summed E-state index contributed by atoms with van der Waals surface area (Å²) < 4.78 is 35.1. The highest BCUT2D eigenvalue weighted by molar-refractivity contribution is 7.86. The highest BCUT2D eigenvalue weighted by Gasteiger charge is 2.22. The molecule has 0 spiro atoms. The number of esters is 1. The van der Waals surface area contributed by atoms with Gasteiger partial charge in [-0.15, -0.1) is 0 Å². The van der Waals surface area contributed by atoms with Gasteiger partial charge < -0.3 is 10.1 Å². The first-order valence-electron chi connectivity index (χ1n) is 9.56. The van der Waals surface area contributed by atoms with E-state index in [0.29, 0.717) is 6.42 Å². The van der Waals surface area contributed by atoms with Crippen LogP contribution in [0.2, 0.25) is 0 Å². The SMILES string of the molecule is Cc1ccc(S(=O)(=O)OC[C@@H]2CCC/C(=C\C(=O)OCc3ccccc3)N2)cc1. The third-order valence-corrected chi connectivity index (χ3v) is 5.93. The molecule has 6 nitrogen and oxygen atoms in total. The third-order valence-electron chi connectivity index (χ3n) is 4.64. The molecule has 0 radical (unpaired) electrons. The number of hydrogen-bond acceptors (Lipinski definition) is 6. The predicted molar refractivity (Wildman–Crippen MR) is 109 cm³/mol. The van der Waals surface area contributed by atoms with Crippen LogP contribution < -0.4 is 5.32 Å². The van der Waals surface area contributed by atoms with Gasteiger partial charge >= 0.3 is 5.97 Å². The zero-order valence-corrected chi connectivity index (χ0v) is 17.2. The molecular weight excluding hydrogens is 390 g/mol. The van der Waals surface area contributed by atoms with Gasteiger partial charge in [-0.2, -0.15) is 8.42 Å². The lowest BCUT2D eigenvalue weighted by Gasteiger charge is -2.26. The topological polar surface area (TPSA) is 81.7 Å². The molecule has 2 aromatic carbocycles. The zero-order valence-electron chi connectivity index (χ0n) is 16.3. The molecule has 0 amide bonds. The Morgan fingerprint density at radius 2 is 1.86 bits per heavy atom. The van der Waals surface area contributed by atoms with Gasteiger partial charge in [-0.1, -0.05) is 48.0 Å². The molecule has 7 heteroatoms. The van der Waals surface area contributed by atoms with Crippen LogP contribution in [0, 0.1) is 6.92 Å². The lowest BCUT2D eigenvalue weighted by Crippen LogP contribution is -2.37. The molecule has 29 heavy (non-hydrogen) atoms. The standard InChI is InChI=1S/C22H25NO5S/c1-17-10-12-21(13-11-17)29(25,26)28-16-20-9-5-8-19(23-20)14-22(24)27-15-18-6-3-2-4-7-18/h2-4,6-7,10-14,20,23H,5,8-9,15-16H2,1H3/b19-14+/t20-/m0/s1.